The van der Waals surface area contributed by atoms with Gasteiger partial charge in [0, 0.05) is 19.2 Å². The molecule has 5 nitrogen and oxygen atoms in total. The Morgan fingerprint density at radius 1 is 1.67 bits per heavy atom. The molecule has 0 saturated carbocycles. The molecule has 2 heterocycles. The first-order valence-corrected chi connectivity index (χ1v) is 5.02. The van der Waals surface area contributed by atoms with E-state index in [2.05, 4.69) is 5.16 Å². The van der Waals surface area contributed by atoms with Crippen LogP contribution in [0.4, 0.5) is 0 Å². The molecule has 0 aliphatic carbocycles. The van der Waals surface area contributed by atoms with E-state index in [0.717, 1.165) is 5.69 Å². The van der Waals surface area contributed by atoms with Crippen LogP contribution in [0.5, 0.6) is 0 Å². The van der Waals surface area contributed by atoms with Gasteiger partial charge in [0.05, 0.1) is 11.8 Å². The zero-order valence-corrected chi connectivity index (χ0v) is 8.80. The van der Waals surface area contributed by atoms with Gasteiger partial charge in [-0.2, -0.15) is 0 Å². The van der Waals surface area contributed by atoms with Crippen molar-refractivity contribution in [2.24, 2.45) is 0 Å². The van der Waals surface area contributed by atoms with Crippen molar-refractivity contribution in [3.8, 4) is 0 Å². The maximum atomic E-state index is 11.7. The van der Waals surface area contributed by atoms with E-state index in [1.54, 1.807) is 6.07 Å². The molecule has 1 aliphatic heterocycles. The lowest BCUT2D eigenvalue weighted by Crippen LogP contribution is -2.53. The van der Waals surface area contributed by atoms with Crippen LogP contribution in [0, 0.1) is 0 Å². The van der Waals surface area contributed by atoms with Gasteiger partial charge in [0.25, 0.3) is 5.91 Å². The highest BCUT2D eigenvalue weighted by molar-refractivity contribution is 5.92. The van der Waals surface area contributed by atoms with E-state index in [1.165, 1.54) is 4.90 Å². The number of aromatic nitrogens is 1. The molecular formula is C10H14N2O3. The smallest absolute Gasteiger partial charge is 0.292 e. The van der Waals surface area contributed by atoms with Crippen molar-refractivity contribution in [1.82, 2.24) is 10.1 Å². The van der Waals surface area contributed by atoms with Crippen LogP contribution in [0.1, 0.15) is 36.0 Å². The maximum Gasteiger partial charge on any atom is 0.292 e. The summed E-state index contributed by atoms with van der Waals surface area (Å²) in [6, 6.07) is 1.66. The number of hydrogen-bond acceptors (Lipinski definition) is 4. The van der Waals surface area contributed by atoms with Crippen molar-refractivity contribution in [3.63, 3.8) is 0 Å². The topological polar surface area (TPSA) is 66.6 Å². The molecule has 0 atom stereocenters. The van der Waals surface area contributed by atoms with Gasteiger partial charge in [-0.05, 0) is 5.92 Å². The summed E-state index contributed by atoms with van der Waals surface area (Å²) >= 11 is 0. The SMILES string of the molecule is CC(C)c1cc(C(=O)N2CC(O)C2)on1. The van der Waals surface area contributed by atoms with Gasteiger partial charge in [-0.1, -0.05) is 19.0 Å². The third-order valence-corrected chi connectivity index (χ3v) is 2.48. The van der Waals surface area contributed by atoms with E-state index in [0.29, 0.717) is 13.1 Å². The summed E-state index contributed by atoms with van der Waals surface area (Å²) in [6.45, 7) is 4.74. The predicted molar refractivity (Wildman–Crippen MR) is 52.5 cm³/mol. The summed E-state index contributed by atoms with van der Waals surface area (Å²) < 4.78 is 4.96. The number of nitrogens with zero attached hydrogens (tertiary/aromatic N) is 2. The van der Waals surface area contributed by atoms with Crippen LogP contribution in [0.2, 0.25) is 0 Å². The molecule has 1 aromatic heterocycles. The first kappa shape index (κ1) is 10.2. The molecule has 1 aliphatic rings. The van der Waals surface area contributed by atoms with E-state index in [9.17, 15) is 4.79 Å². The van der Waals surface area contributed by atoms with Crippen molar-refractivity contribution in [1.29, 1.82) is 0 Å². The summed E-state index contributed by atoms with van der Waals surface area (Å²) in [6.07, 6.45) is -0.388. The molecule has 1 saturated heterocycles. The average molecular weight is 210 g/mol. The van der Waals surface area contributed by atoms with Crippen LogP contribution in [0.15, 0.2) is 10.6 Å². The second kappa shape index (κ2) is 3.66. The van der Waals surface area contributed by atoms with Crippen LogP contribution in [0.25, 0.3) is 0 Å². The van der Waals surface area contributed by atoms with Gasteiger partial charge in [0.15, 0.2) is 0 Å². The minimum atomic E-state index is -0.388. The van der Waals surface area contributed by atoms with E-state index >= 15 is 0 Å². The summed E-state index contributed by atoms with van der Waals surface area (Å²) in [5.41, 5.74) is 0.777. The fraction of sp³-hybridized carbons (Fsp3) is 0.600. The highest BCUT2D eigenvalue weighted by atomic mass is 16.5. The molecule has 0 unspecified atom stereocenters. The molecule has 0 aromatic carbocycles. The molecule has 1 fully saturated rings. The van der Waals surface area contributed by atoms with Crippen molar-refractivity contribution in [2.45, 2.75) is 25.9 Å². The number of hydrogen-bond donors (Lipinski definition) is 1. The Hall–Kier alpha value is -1.36. The number of amides is 1. The largest absolute Gasteiger partial charge is 0.389 e. The lowest BCUT2D eigenvalue weighted by atomic mass is 10.1. The third-order valence-electron chi connectivity index (χ3n) is 2.48. The normalized spacial score (nSPS) is 16.9. The van der Waals surface area contributed by atoms with Crippen molar-refractivity contribution >= 4 is 5.91 Å². The van der Waals surface area contributed by atoms with Crippen molar-refractivity contribution < 1.29 is 14.4 Å². The maximum absolute atomic E-state index is 11.7. The Morgan fingerprint density at radius 3 is 2.80 bits per heavy atom. The Kier molecular flexibility index (Phi) is 2.48. The Morgan fingerprint density at radius 2 is 2.33 bits per heavy atom. The zero-order chi connectivity index (χ0) is 11.0. The molecule has 1 amide bonds. The third kappa shape index (κ3) is 1.87. The predicted octanol–water partition coefficient (Wildman–Crippen LogP) is 0.615. The standard InChI is InChI=1S/C10H14N2O3/c1-6(2)8-3-9(15-11-8)10(14)12-4-7(13)5-12/h3,6-7,13H,4-5H2,1-2H3. The molecule has 82 valence electrons. The highest BCUT2D eigenvalue weighted by Crippen LogP contribution is 2.17. The number of β-amino-alcohol motifs (C(OH)–C–C–N with tert-alkyl or cyclic N) is 1. The second-order valence-corrected chi connectivity index (χ2v) is 4.13. The Balaban J connectivity index is 2.06. The molecule has 5 heteroatoms. The van der Waals surface area contributed by atoms with Crippen LogP contribution >= 0.6 is 0 Å². The highest BCUT2D eigenvalue weighted by Gasteiger charge is 2.31. The lowest BCUT2D eigenvalue weighted by Gasteiger charge is -2.34. The number of carbonyl (C=O) groups is 1. The number of carbonyl (C=O) groups excluding carboxylic acids is 1. The first-order chi connectivity index (χ1) is 7.08. The van der Waals surface area contributed by atoms with Gasteiger partial charge in [-0.15, -0.1) is 0 Å². The number of likely N-dealkylation sites (tertiary alicyclic amines) is 1. The Bertz CT molecular complexity index is 366. The second-order valence-electron chi connectivity index (χ2n) is 4.13. The molecule has 0 bridgehead atoms. The van der Waals surface area contributed by atoms with Crippen molar-refractivity contribution in [2.75, 3.05) is 13.1 Å². The molecule has 1 N–H and O–H groups in total. The average Bonchev–Trinajstić information content (AvgIpc) is 2.60. The van der Waals surface area contributed by atoms with Gasteiger partial charge in [-0.25, -0.2) is 0 Å². The van der Waals surface area contributed by atoms with Gasteiger partial charge in [-0.3, -0.25) is 4.79 Å². The molecule has 2 rings (SSSR count). The van der Waals surface area contributed by atoms with E-state index in [4.69, 9.17) is 9.63 Å². The van der Waals surface area contributed by atoms with Gasteiger partial charge < -0.3 is 14.5 Å². The molecule has 0 spiro atoms. The minimum Gasteiger partial charge on any atom is -0.389 e. The summed E-state index contributed by atoms with van der Waals surface area (Å²) in [5.74, 6) is 0.308. The number of rotatable bonds is 2. The van der Waals surface area contributed by atoms with Crippen LogP contribution < -0.4 is 0 Å². The van der Waals surface area contributed by atoms with Crippen LogP contribution in [-0.4, -0.2) is 40.3 Å². The lowest BCUT2D eigenvalue weighted by molar-refractivity contribution is 0.00341. The van der Waals surface area contributed by atoms with Gasteiger partial charge in [0.1, 0.15) is 0 Å². The monoisotopic (exact) mass is 210 g/mol. The Labute approximate surface area is 87.7 Å². The molecule has 15 heavy (non-hydrogen) atoms. The van der Waals surface area contributed by atoms with Crippen LogP contribution in [-0.2, 0) is 0 Å². The van der Waals surface area contributed by atoms with Crippen molar-refractivity contribution in [3.05, 3.63) is 17.5 Å². The van der Waals surface area contributed by atoms with E-state index < -0.39 is 0 Å². The fourth-order valence-electron chi connectivity index (χ4n) is 1.44. The summed E-state index contributed by atoms with van der Waals surface area (Å²) in [4.78, 5) is 13.2. The van der Waals surface area contributed by atoms with Crippen LogP contribution in [0.3, 0.4) is 0 Å². The fourth-order valence-corrected chi connectivity index (χ4v) is 1.44. The number of aliphatic hydroxyl groups is 1. The van der Waals surface area contributed by atoms with E-state index in [1.807, 2.05) is 13.8 Å². The number of aliphatic hydroxyl groups excluding tert-OH is 1. The molecule has 1 aromatic rings. The summed E-state index contributed by atoms with van der Waals surface area (Å²) in [5, 5.41) is 12.9. The van der Waals surface area contributed by atoms with Gasteiger partial charge in [0.2, 0.25) is 5.76 Å². The quantitative estimate of drug-likeness (QED) is 0.776. The first-order valence-electron chi connectivity index (χ1n) is 5.02. The molecular weight excluding hydrogens is 196 g/mol. The molecule has 0 radical (unpaired) electrons. The zero-order valence-electron chi connectivity index (χ0n) is 8.80. The van der Waals surface area contributed by atoms with Gasteiger partial charge >= 0.3 is 0 Å². The summed E-state index contributed by atoms with van der Waals surface area (Å²) in [7, 11) is 0. The van der Waals surface area contributed by atoms with E-state index in [-0.39, 0.29) is 23.7 Å². The minimum absolute atomic E-state index is 0.195.